The van der Waals surface area contributed by atoms with Crippen molar-refractivity contribution < 1.29 is 24.2 Å². The molecule has 0 unspecified atom stereocenters. The van der Waals surface area contributed by atoms with Gasteiger partial charge in [-0.05, 0) is 18.2 Å². The third-order valence-corrected chi connectivity index (χ3v) is 3.57. The summed E-state index contributed by atoms with van der Waals surface area (Å²) < 4.78 is 5.20. The molecule has 1 atom stereocenters. The van der Waals surface area contributed by atoms with Crippen LogP contribution < -0.4 is 4.90 Å². The summed E-state index contributed by atoms with van der Waals surface area (Å²) in [4.78, 5) is 45.7. The zero-order valence-corrected chi connectivity index (χ0v) is 14.4. The van der Waals surface area contributed by atoms with E-state index in [-0.39, 0.29) is 5.56 Å². The average molecular weight is 373 g/mol. The summed E-state index contributed by atoms with van der Waals surface area (Å²) in [6.07, 6.45) is -1.47. The summed E-state index contributed by atoms with van der Waals surface area (Å²) in [5, 5.41) is 22.4. The molecule has 0 aromatic heterocycles. The number of ether oxygens (including phenoxy) is 1. The Kier molecular flexibility index (Phi) is 5.81. The van der Waals surface area contributed by atoms with Crippen LogP contribution in [0.2, 0.25) is 0 Å². The number of hydrogen-bond donors (Lipinski definition) is 0. The van der Waals surface area contributed by atoms with Gasteiger partial charge in [-0.25, -0.2) is 0 Å². The number of carbonyl (C=O) groups excluding carboxylic acids is 2. The molecule has 140 valence electrons. The van der Waals surface area contributed by atoms with E-state index in [4.69, 9.17) is 4.74 Å². The number of esters is 1. The molecule has 0 bridgehead atoms. The van der Waals surface area contributed by atoms with Crippen LogP contribution >= 0.6 is 0 Å². The van der Waals surface area contributed by atoms with E-state index in [0.29, 0.717) is 5.69 Å². The van der Waals surface area contributed by atoms with Crippen molar-refractivity contribution in [3.63, 3.8) is 0 Å². The van der Waals surface area contributed by atoms with Crippen LogP contribution in [0.1, 0.15) is 25.6 Å². The fraction of sp³-hybridized carbons (Fsp3) is 0.176. The number of hydrogen-bond acceptors (Lipinski definition) is 7. The summed E-state index contributed by atoms with van der Waals surface area (Å²) in [6, 6.07) is 11.0. The molecule has 2 rings (SSSR count). The highest BCUT2D eigenvalue weighted by atomic mass is 16.6. The monoisotopic (exact) mass is 373 g/mol. The van der Waals surface area contributed by atoms with Gasteiger partial charge in [0.2, 0.25) is 12.1 Å². The van der Waals surface area contributed by atoms with Gasteiger partial charge in [-0.15, -0.1) is 0 Å². The number of para-hydroxylation sites is 1. The third kappa shape index (κ3) is 4.42. The maximum atomic E-state index is 12.3. The molecule has 0 N–H and O–H groups in total. The highest BCUT2D eigenvalue weighted by molar-refractivity contribution is 5.92. The first-order chi connectivity index (χ1) is 12.7. The van der Waals surface area contributed by atoms with Gasteiger partial charge in [0.15, 0.2) is 0 Å². The van der Waals surface area contributed by atoms with Crippen molar-refractivity contribution in [2.24, 2.45) is 0 Å². The number of rotatable bonds is 6. The minimum absolute atomic E-state index is 0.167. The average Bonchev–Trinajstić information content (AvgIpc) is 2.60. The smallest absolute Gasteiger partial charge is 0.304 e. The minimum Gasteiger partial charge on any atom is -0.437 e. The first-order valence-electron chi connectivity index (χ1n) is 7.67. The molecule has 0 heterocycles. The van der Waals surface area contributed by atoms with E-state index in [1.54, 1.807) is 30.3 Å². The highest BCUT2D eigenvalue weighted by Gasteiger charge is 2.34. The summed E-state index contributed by atoms with van der Waals surface area (Å²) in [6.45, 7) is 2.30. The van der Waals surface area contributed by atoms with Gasteiger partial charge in [-0.1, -0.05) is 18.2 Å². The van der Waals surface area contributed by atoms with Gasteiger partial charge < -0.3 is 4.74 Å². The van der Waals surface area contributed by atoms with E-state index in [9.17, 15) is 29.8 Å². The standard InChI is InChI=1S/C17H15N3O7/c1-11(21)18(13-6-4-3-5-7-13)17(27-12(2)22)15-9-8-14(19(23)24)10-16(15)20(25)26/h3-10,17H,1-2H3/t17-/m1/s1. The molecule has 2 aromatic carbocycles. The Bertz CT molecular complexity index is 899. The van der Waals surface area contributed by atoms with Crippen molar-refractivity contribution in [2.45, 2.75) is 20.1 Å². The van der Waals surface area contributed by atoms with E-state index in [1.807, 2.05) is 0 Å². The number of nitrogens with zero attached hydrogens (tertiary/aromatic N) is 3. The lowest BCUT2D eigenvalue weighted by molar-refractivity contribution is -0.394. The largest absolute Gasteiger partial charge is 0.437 e. The quantitative estimate of drug-likeness (QED) is 0.329. The number of amides is 1. The molecule has 0 aliphatic rings. The van der Waals surface area contributed by atoms with E-state index in [0.717, 1.165) is 30.0 Å². The Balaban J connectivity index is 2.69. The van der Waals surface area contributed by atoms with Gasteiger partial charge in [-0.2, -0.15) is 0 Å². The molecule has 10 heteroatoms. The van der Waals surface area contributed by atoms with Crippen molar-refractivity contribution in [3.05, 3.63) is 74.3 Å². The molecule has 2 aromatic rings. The van der Waals surface area contributed by atoms with Crippen LogP contribution in [0.5, 0.6) is 0 Å². The molecular formula is C17H15N3O7. The normalized spacial score (nSPS) is 11.3. The van der Waals surface area contributed by atoms with Gasteiger partial charge >= 0.3 is 5.97 Å². The Morgan fingerprint density at radius 2 is 1.63 bits per heavy atom. The lowest BCUT2D eigenvalue weighted by Gasteiger charge is -2.30. The number of anilines is 1. The lowest BCUT2D eigenvalue weighted by atomic mass is 10.1. The molecule has 0 radical (unpaired) electrons. The number of non-ortho nitro benzene ring substituents is 1. The molecule has 0 aliphatic carbocycles. The van der Waals surface area contributed by atoms with Crippen LogP contribution in [-0.4, -0.2) is 21.7 Å². The summed E-state index contributed by atoms with van der Waals surface area (Å²) >= 11 is 0. The van der Waals surface area contributed by atoms with Crippen molar-refractivity contribution in [1.82, 2.24) is 0 Å². The summed E-state index contributed by atoms with van der Waals surface area (Å²) in [7, 11) is 0. The molecule has 0 aliphatic heterocycles. The molecule has 27 heavy (non-hydrogen) atoms. The molecule has 0 spiro atoms. The fourth-order valence-corrected chi connectivity index (χ4v) is 2.50. The zero-order chi connectivity index (χ0) is 20.1. The number of nitro benzene ring substituents is 2. The van der Waals surface area contributed by atoms with Crippen LogP contribution in [0.4, 0.5) is 17.1 Å². The minimum atomic E-state index is -1.47. The van der Waals surface area contributed by atoms with Crippen LogP contribution in [0.15, 0.2) is 48.5 Å². The van der Waals surface area contributed by atoms with Gasteiger partial charge in [-0.3, -0.25) is 34.7 Å². The maximum absolute atomic E-state index is 12.3. The van der Waals surface area contributed by atoms with Crippen LogP contribution in [0, 0.1) is 20.2 Å². The molecule has 10 nitrogen and oxygen atoms in total. The topological polar surface area (TPSA) is 133 Å². The molecule has 0 saturated heterocycles. The predicted molar refractivity (Wildman–Crippen MR) is 93.9 cm³/mol. The second-order valence-electron chi connectivity index (χ2n) is 5.44. The van der Waals surface area contributed by atoms with E-state index < -0.39 is 39.3 Å². The first-order valence-corrected chi connectivity index (χ1v) is 7.67. The van der Waals surface area contributed by atoms with Crippen LogP contribution in [0.25, 0.3) is 0 Å². The van der Waals surface area contributed by atoms with E-state index >= 15 is 0 Å². The maximum Gasteiger partial charge on any atom is 0.304 e. The van der Waals surface area contributed by atoms with Crippen LogP contribution in [0.3, 0.4) is 0 Å². The second-order valence-corrected chi connectivity index (χ2v) is 5.44. The van der Waals surface area contributed by atoms with Crippen molar-refractivity contribution >= 4 is 28.9 Å². The summed E-state index contributed by atoms with van der Waals surface area (Å²) in [5.74, 6) is -1.32. The SMILES string of the molecule is CC(=O)O[C@H](c1ccc([N+](=O)[O-])cc1[N+](=O)[O-])N(C(C)=O)c1ccccc1. The van der Waals surface area contributed by atoms with Gasteiger partial charge in [0, 0.05) is 25.6 Å². The van der Waals surface area contributed by atoms with E-state index in [1.165, 1.54) is 6.92 Å². The van der Waals surface area contributed by atoms with E-state index in [2.05, 4.69) is 0 Å². The fourth-order valence-electron chi connectivity index (χ4n) is 2.50. The first kappa shape index (κ1) is 19.5. The zero-order valence-electron chi connectivity index (χ0n) is 14.4. The van der Waals surface area contributed by atoms with Gasteiger partial charge in [0.25, 0.3) is 11.4 Å². The summed E-state index contributed by atoms with van der Waals surface area (Å²) in [5.41, 5.74) is -0.970. The van der Waals surface area contributed by atoms with Crippen molar-refractivity contribution in [2.75, 3.05) is 4.90 Å². The Hall–Kier alpha value is -3.82. The highest BCUT2D eigenvalue weighted by Crippen LogP contribution is 2.36. The lowest BCUT2D eigenvalue weighted by Crippen LogP contribution is -2.36. The molecule has 0 saturated carbocycles. The second kappa shape index (κ2) is 8.04. The molecular weight excluding hydrogens is 358 g/mol. The number of benzene rings is 2. The Labute approximate surface area is 153 Å². The molecule has 1 amide bonds. The molecule has 0 fully saturated rings. The van der Waals surface area contributed by atoms with Gasteiger partial charge in [0.1, 0.15) is 0 Å². The van der Waals surface area contributed by atoms with Gasteiger partial charge in [0.05, 0.1) is 21.5 Å². The number of nitro groups is 2. The Morgan fingerprint density at radius 1 is 1.00 bits per heavy atom. The number of carbonyl (C=O) groups is 2. The predicted octanol–water partition coefficient (Wildman–Crippen LogP) is 3.12. The Morgan fingerprint density at radius 3 is 2.11 bits per heavy atom. The van der Waals surface area contributed by atoms with Crippen molar-refractivity contribution in [1.29, 1.82) is 0 Å². The van der Waals surface area contributed by atoms with Crippen LogP contribution in [-0.2, 0) is 14.3 Å². The van der Waals surface area contributed by atoms with Crippen molar-refractivity contribution in [3.8, 4) is 0 Å². The third-order valence-electron chi connectivity index (χ3n) is 3.57.